The SMILES string of the molecule is CCC(CCO)Nc1nc(N)nc2nc[nH]c12. The first-order valence-electron chi connectivity index (χ1n) is 5.58. The van der Waals surface area contributed by atoms with Gasteiger partial charge in [0, 0.05) is 12.6 Å². The second-order valence-electron chi connectivity index (χ2n) is 3.79. The number of hydrogen-bond donors (Lipinski definition) is 4. The summed E-state index contributed by atoms with van der Waals surface area (Å²) in [4.78, 5) is 15.2. The van der Waals surface area contributed by atoms with E-state index in [1.54, 1.807) is 6.33 Å². The minimum atomic E-state index is 0.137. The molecule has 0 bridgehead atoms. The number of imidazole rings is 1. The van der Waals surface area contributed by atoms with Crippen LogP contribution in [0.3, 0.4) is 0 Å². The summed E-state index contributed by atoms with van der Waals surface area (Å²) < 4.78 is 0. The van der Waals surface area contributed by atoms with E-state index in [1.165, 1.54) is 0 Å². The first-order chi connectivity index (χ1) is 8.24. The zero-order chi connectivity index (χ0) is 12.3. The number of rotatable bonds is 5. The minimum absolute atomic E-state index is 0.137. The zero-order valence-electron chi connectivity index (χ0n) is 9.64. The highest BCUT2D eigenvalue weighted by atomic mass is 16.3. The second-order valence-corrected chi connectivity index (χ2v) is 3.79. The van der Waals surface area contributed by atoms with Gasteiger partial charge < -0.3 is 21.1 Å². The molecule has 1 unspecified atom stereocenters. The number of aliphatic hydroxyl groups is 1. The van der Waals surface area contributed by atoms with Crippen LogP contribution in [-0.2, 0) is 0 Å². The monoisotopic (exact) mass is 236 g/mol. The number of fused-ring (bicyclic) bond motifs is 1. The molecule has 0 aliphatic carbocycles. The molecule has 0 saturated carbocycles. The Kier molecular flexibility index (Phi) is 3.38. The number of nitrogens with zero attached hydrogens (tertiary/aromatic N) is 3. The van der Waals surface area contributed by atoms with Gasteiger partial charge in [0.25, 0.3) is 0 Å². The molecule has 2 heterocycles. The third kappa shape index (κ3) is 2.44. The summed E-state index contributed by atoms with van der Waals surface area (Å²) in [6.07, 6.45) is 3.10. The molecule has 0 aromatic carbocycles. The average molecular weight is 236 g/mol. The van der Waals surface area contributed by atoms with Crippen molar-refractivity contribution >= 4 is 22.9 Å². The summed E-state index contributed by atoms with van der Waals surface area (Å²) in [5.41, 5.74) is 6.88. The molecule has 92 valence electrons. The van der Waals surface area contributed by atoms with Crippen LogP contribution in [-0.4, -0.2) is 37.7 Å². The van der Waals surface area contributed by atoms with Crippen LogP contribution in [0.4, 0.5) is 11.8 Å². The van der Waals surface area contributed by atoms with Gasteiger partial charge in [-0.15, -0.1) is 0 Å². The number of H-pyrrole nitrogens is 1. The van der Waals surface area contributed by atoms with Gasteiger partial charge in [0.1, 0.15) is 5.52 Å². The Morgan fingerprint density at radius 3 is 3.06 bits per heavy atom. The van der Waals surface area contributed by atoms with E-state index in [-0.39, 0.29) is 18.6 Å². The standard InChI is InChI=1S/C10H16N6O/c1-2-6(3-4-17)14-9-7-8(13-5-12-7)15-10(11)16-9/h5-6,17H,2-4H2,1H3,(H4,11,12,13,14,15,16). The van der Waals surface area contributed by atoms with Gasteiger partial charge in [-0.2, -0.15) is 9.97 Å². The van der Waals surface area contributed by atoms with Gasteiger partial charge >= 0.3 is 0 Å². The summed E-state index contributed by atoms with van der Waals surface area (Å²) in [6, 6.07) is 0.154. The highest BCUT2D eigenvalue weighted by molar-refractivity contribution is 5.83. The molecule has 0 fully saturated rings. The molecule has 0 radical (unpaired) electrons. The molecule has 17 heavy (non-hydrogen) atoms. The van der Waals surface area contributed by atoms with E-state index in [2.05, 4.69) is 25.3 Å². The maximum absolute atomic E-state index is 8.96. The van der Waals surface area contributed by atoms with Gasteiger partial charge in [-0.25, -0.2) is 4.98 Å². The fourth-order valence-electron chi connectivity index (χ4n) is 1.68. The second kappa shape index (κ2) is 4.96. The van der Waals surface area contributed by atoms with E-state index in [0.29, 0.717) is 17.9 Å². The highest BCUT2D eigenvalue weighted by Gasteiger charge is 2.12. The predicted molar refractivity (Wildman–Crippen MR) is 65.5 cm³/mol. The Hall–Kier alpha value is -1.89. The lowest BCUT2D eigenvalue weighted by Gasteiger charge is -2.16. The van der Waals surface area contributed by atoms with Crippen molar-refractivity contribution in [3.05, 3.63) is 6.33 Å². The van der Waals surface area contributed by atoms with Crippen molar-refractivity contribution in [2.45, 2.75) is 25.8 Å². The quantitative estimate of drug-likeness (QED) is 0.601. The van der Waals surface area contributed by atoms with Crippen LogP contribution in [0.2, 0.25) is 0 Å². The van der Waals surface area contributed by atoms with Gasteiger partial charge in [-0.3, -0.25) is 0 Å². The van der Waals surface area contributed by atoms with Crippen LogP contribution in [0.5, 0.6) is 0 Å². The van der Waals surface area contributed by atoms with Crippen LogP contribution in [0.15, 0.2) is 6.33 Å². The summed E-state index contributed by atoms with van der Waals surface area (Å²) in [5.74, 6) is 0.816. The average Bonchev–Trinajstić information content (AvgIpc) is 2.76. The largest absolute Gasteiger partial charge is 0.396 e. The maximum Gasteiger partial charge on any atom is 0.224 e. The van der Waals surface area contributed by atoms with Gasteiger partial charge in [-0.05, 0) is 12.8 Å². The third-order valence-corrected chi connectivity index (χ3v) is 2.61. The summed E-state index contributed by atoms with van der Waals surface area (Å²) >= 11 is 0. The van der Waals surface area contributed by atoms with Crippen LogP contribution in [0.25, 0.3) is 11.2 Å². The first kappa shape index (κ1) is 11.6. The van der Waals surface area contributed by atoms with Gasteiger partial charge in [0.05, 0.1) is 6.33 Å². The van der Waals surface area contributed by atoms with Crippen molar-refractivity contribution in [2.24, 2.45) is 0 Å². The Morgan fingerprint density at radius 2 is 2.35 bits per heavy atom. The van der Waals surface area contributed by atoms with E-state index in [9.17, 15) is 0 Å². The third-order valence-electron chi connectivity index (χ3n) is 2.61. The van der Waals surface area contributed by atoms with Crippen molar-refractivity contribution < 1.29 is 5.11 Å². The highest BCUT2D eigenvalue weighted by Crippen LogP contribution is 2.19. The van der Waals surface area contributed by atoms with E-state index >= 15 is 0 Å². The molecule has 2 aromatic heterocycles. The molecule has 2 rings (SSSR count). The van der Waals surface area contributed by atoms with Crippen molar-refractivity contribution in [1.29, 1.82) is 0 Å². The molecule has 5 N–H and O–H groups in total. The number of hydrogen-bond acceptors (Lipinski definition) is 6. The zero-order valence-corrected chi connectivity index (χ0v) is 9.64. The Balaban J connectivity index is 2.30. The molecular weight excluding hydrogens is 220 g/mol. The van der Waals surface area contributed by atoms with Crippen molar-refractivity contribution in [3.8, 4) is 0 Å². The van der Waals surface area contributed by atoms with Crippen LogP contribution < -0.4 is 11.1 Å². The number of nitrogens with one attached hydrogen (secondary N) is 2. The fraction of sp³-hybridized carbons (Fsp3) is 0.500. The molecule has 1 atom stereocenters. The smallest absolute Gasteiger partial charge is 0.224 e. The van der Waals surface area contributed by atoms with E-state index in [0.717, 1.165) is 11.9 Å². The summed E-state index contributed by atoms with van der Waals surface area (Å²) in [7, 11) is 0. The first-order valence-corrected chi connectivity index (χ1v) is 5.58. The Labute approximate surface area is 98.5 Å². The van der Waals surface area contributed by atoms with Crippen molar-refractivity contribution in [1.82, 2.24) is 19.9 Å². The molecule has 7 nitrogen and oxygen atoms in total. The topological polar surface area (TPSA) is 113 Å². The van der Waals surface area contributed by atoms with Crippen LogP contribution in [0, 0.1) is 0 Å². The Bertz CT molecular complexity index is 497. The van der Waals surface area contributed by atoms with E-state index in [4.69, 9.17) is 10.8 Å². The normalized spacial score (nSPS) is 12.8. The molecule has 0 amide bonds. The lowest BCUT2D eigenvalue weighted by Crippen LogP contribution is -2.21. The van der Waals surface area contributed by atoms with Crippen molar-refractivity contribution in [3.63, 3.8) is 0 Å². The number of aromatic nitrogens is 4. The lowest BCUT2D eigenvalue weighted by molar-refractivity contribution is 0.278. The molecule has 7 heteroatoms. The molecule has 0 spiro atoms. The number of aliphatic hydroxyl groups excluding tert-OH is 1. The Morgan fingerprint density at radius 1 is 1.53 bits per heavy atom. The van der Waals surface area contributed by atoms with E-state index in [1.807, 2.05) is 6.92 Å². The minimum Gasteiger partial charge on any atom is -0.396 e. The molecule has 0 saturated heterocycles. The lowest BCUT2D eigenvalue weighted by atomic mass is 10.1. The van der Waals surface area contributed by atoms with Gasteiger partial charge in [0.2, 0.25) is 5.95 Å². The molecule has 0 aliphatic rings. The molecule has 2 aromatic rings. The summed E-state index contributed by atoms with van der Waals surface area (Å²) in [5, 5.41) is 12.2. The van der Waals surface area contributed by atoms with Gasteiger partial charge in [0.15, 0.2) is 11.5 Å². The van der Waals surface area contributed by atoms with Gasteiger partial charge in [-0.1, -0.05) is 6.92 Å². The number of nitrogens with two attached hydrogens (primary N) is 1. The van der Waals surface area contributed by atoms with Crippen LogP contribution in [0.1, 0.15) is 19.8 Å². The molecular formula is C10H16N6O. The van der Waals surface area contributed by atoms with E-state index < -0.39 is 0 Å². The van der Waals surface area contributed by atoms with Crippen molar-refractivity contribution in [2.75, 3.05) is 17.7 Å². The number of anilines is 2. The summed E-state index contributed by atoms with van der Waals surface area (Å²) in [6.45, 7) is 2.18. The fourth-order valence-corrected chi connectivity index (χ4v) is 1.68. The maximum atomic E-state index is 8.96. The van der Waals surface area contributed by atoms with Crippen LogP contribution >= 0.6 is 0 Å². The number of aromatic amines is 1. The number of nitrogen functional groups attached to an aromatic ring is 1. The molecule has 0 aliphatic heterocycles. The predicted octanol–water partition coefficient (Wildman–Crippen LogP) is 0.508.